The van der Waals surface area contributed by atoms with E-state index in [0.29, 0.717) is 22.9 Å². The second-order valence-corrected chi connectivity index (χ2v) is 6.13. The largest absolute Gasteiger partial charge is 0.397 e. The van der Waals surface area contributed by atoms with Crippen molar-refractivity contribution in [2.45, 2.75) is 13.5 Å². The molecule has 2 rings (SSSR count). The Morgan fingerprint density at radius 1 is 1.43 bits per heavy atom. The van der Waals surface area contributed by atoms with Gasteiger partial charge in [-0.3, -0.25) is 9.69 Å². The molecular weight excluding hydrogens is 306 g/mol. The molecule has 0 atom stereocenters. The van der Waals surface area contributed by atoms with Crippen LogP contribution in [-0.4, -0.2) is 23.9 Å². The third-order valence-electron chi connectivity index (χ3n) is 3.06. The van der Waals surface area contributed by atoms with E-state index in [2.05, 4.69) is 16.3 Å². The van der Waals surface area contributed by atoms with E-state index in [1.165, 1.54) is 4.88 Å². The number of anilines is 2. The van der Waals surface area contributed by atoms with Crippen molar-refractivity contribution >= 4 is 40.2 Å². The van der Waals surface area contributed by atoms with Gasteiger partial charge in [0.15, 0.2) is 0 Å². The lowest BCUT2D eigenvalue weighted by Crippen LogP contribution is -2.32. The number of amides is 1. The number of thiophene rings is 1. The first-order valence-electron chi connectivity index (χ1n) is 6.68. The number of hydrogen-bond acceptors (Lipinski definition) is 4. The van der Waals surface area contributed by atoms with Crippen molar-refractivity contribution in [3.8, 4) is 0 Å². The van der Waals surface area contributed by atoms with Crippen LogP contribution < -0.4 is 11.1 Å². The zero-order valence-corrected chi connectivity index (χ0v) is 13.4. The Hall–Kier alpha value is -1.56. The van der Waals surface area contributed by atoms with Crippen LogP contribution in [0.5, 0.6) is 0 Å². The number of carbonyl (C=O) groups is 1. The first-order valence-corrected chi connectivity index (χ1v) is 7.94. The van der Waals surface area contributed by atoms with Crippen LogP contribution in [0.3, 0.4) is 0 Å². The van der Waals surface area contributed by atoms with E-state index in [-0.39, 0.29) is 5.91 Å². The highest BCUT2D eigenvalue weighted by Crippen LogP contribution is 2.22. The summed E-state index contributed by atoms with van der Waals surface area (Å²) in [5, 5.41) is 5.39. The van der Waals surface area contributed by atoms with Gasteiger partial charge in [0.25, 0.3) is 0 Å². The summed E-state index contributed by atoms with van der Waals surface area (Å²) in [5.74, 6) is -0.0950. The summed E-state index contributed by atoms with van der Waals surface area (Å²) in [6.45, 7) is 3.93. The molecule has 1 aromatic heterocycles. The summed E-state index contributed by atoms with van der Waals surface area (Å²) < 4.78 is 0. The topological polar surface area (TPSA) is 58.4 Å². The Balaban J connectivity index is 1.95. The normalized spacial score (nSPS) is 10.8. The van der Waals surface area contributed by atoms with Crippen LogP contribution in [0.25, 0.3) is 0 Å². The average molecular weight is 324 g/mol. The highest BCUT2D eigenvalue weighted by molar-refractivity contribution is 7.09. The Morgan fingerprint density at radius 3 is 2.90 bits per heavy atom. The number of nitrogen functional groups attached to an aromatic ring is 1. The first kappa shape index (κ1) is 15.8. The van der Waals surface area contributed by atoms with E-state index in [9.17, 15) is 4.79 Å². The average Bonchev–Trinajstić information content (AvgIpc) is 2.95. The van der Waals surface area contributed by atoms with Crippen LogP contribution in [0.4, 0.5) is 11.4 Å². The molecule has 1 heterocycles. The number of likely N-dealkylation sites (N-methyl/N-ethyl adjacent to an activating group) is 1. The Kier molecular flexibility index (Phi) is 5.61. The molecule has 4 nitrogen and oxygen atoms in total. The SMILES string of the molecule is CCN(CC(=O)Nc1cc(Cl)ccc1N)Cc1cccs1. The lowest BCUT2D eigenvalue weighted by molar-refractivity contribution is -0.117. The maximum absolute atomic E-state index is 12.1. The molecule has 0 saturated carbocycles. The Morgan fingerprint density at radius 2 is 2.24 bits per heavy atom. The molecule has 21 heavy (non-hydrogen) atoms. The van der Waals surface area contributed by atoms with Gasteiger partial charge in [0, 0.05) is 16.4 Å². The van der Waals surface area contributed by atoms with E-state index in [1.807, 2.05) is 18.4 Å². The molecule has 0 aliphatic rings. The summed E-state index contributed by atoms with van der Waals surface area (Å²) in [5.41, 5.74) is 6.89. The number of benzene rings is 1. The van der Waals surface area contributed by atoms with Gasteiger partial charge in [0.1, 0.15) is 0 Å². The van der Waals surface area contributed by atoms with Gasteiger partial charge in [0.2, 0.25) is 5.91 Å². The third kappa shape index (κ3) is 4.74. The highest BCUT2D eigenvalue weighted by Gasteiger charge is 2.11. The zero-order chi connectivity index (χ0) is 15.2. The fraction of sp³-hybridized carbons (Fsp3) is 0.267. The van der Waals surface area contributed by atoms with Crippen LogP contribution in [0.1, 0.15) is 11.8 Å². The van der Waals surface area contributed by atoms with E-state index in [1.54, 1.807) is 29.5 Å². The summed E-state index contributed by atoms with van der Waals surface area (Å²) in [6, 6.07) is 9.12. The number of nitrogens with zero attached hydrogens (tertiary/aromatic N) is 1. The second-order valence-electron chi connectivity index (χ2n) is 4.66. The number of carbonyl (C=O) groups excluding carboxylic acids is 1. The van der Waals surface area contributed by atoms with E-state index < -0.39 is 0 Å². The van der Waals surface area contributed by atoms with Gasteiger partial charge in [-0.25, -0.2) is 0 Å². The van der Waals surface area contributed by atoms with E-state index in [4.69, 9.17) is 17.3 Å². The molecule has 0 aliphatic heterocycles. The fourth-order valence-electron chi connectivity index (χ4n) is 1.93. The smallest absolute Gasteiger partial charge is 0.238 e. The van der Waals surface area contributed by atoms with Gasteiger partial charge in [-0.05, 0) is 36.2 Å². The maximum atomic E-state index is 12.1. The summed E-state index contributed by atoms with van der Waals surface area (Å²) in [4.78, 5) is 15.4. The number of hydrogen-bond donors (Lipinski definition) is 2. The highest BCUT2D eigenvalue weighted by atomic mass is 35.5. The molecule has 0 bridgehead atoms. The third-order valence-corrected chi connectivity index (χ3v) is 4.16. The minimum atomic E-state index is -0.0950. The van der Waals surface area contributed by atoms with Crippen LogP contribution in [0.2, 0.25) is 5.02 Å². The van der Waals surface area contributed by atoms with Crippen molar-refractivity contribution in [3.63, 3.8) is 0 Å². The van der Waals surface area contributed by atoms with Crippen molar-refractivity contribution < 1.29 is 4.79 Å². The molecule has 3 N–H and O–H groups in total. The zero-order valence-electron chi connectivity index (χ0n) is 11.8. The van der Waals surface area contributed by atoms with Crippen LogP contribution in [0, 0.1) is 0 Å². The van der Waals surface area contributed by atoms with Crippen LogP contribution >= 0.6 is 22.9 Å². The summed E-state index contributed by atoms with van der Waals surface area (Å²) in [6.07, 6.45) is 0. The molecule has 0 fully saturated rings. The van der Waals surface area contributed by atoms with Gasteiger partial charge in [-0.2, -0.15) is 0 Å². The minimum Gasteiger partial charge on any atom is -0.397 e. The number of nitrogens with two attached hydrogens (primary N) is 1. The predicted octanol–water partition coefficient (Wildman–Crippen LogP) is 3.44. The van der Waals surface area contributed by atoms with Gasteiger partial charge in [-0.1, -0.05) is 24.6 Å². The van der Waals surface area contributed by atoms with Crippen LogP contribution in [0.15, 0.2) is 35.7 Å². The molecule has 2 aromatic rings. The van der Waals surface area contributed by atoms with Crippen molar-refractivity contribution in [1.82, 2.24) is 4.90 Å². The quantitative estimate of drug-likeness (QED) is 0.801. The number of halogens is 1. The number of nitrogens with one attached hydrogen (secondary N) is 1. The van der Waals surface area contributed by atoms with Crippen molar-refractivity contribution in [2.24, 2.45) is 0 Å². The Bertz CT molecular complexity index is 601. The van der Waals surface area contributed by atoms with E-state index >= 15 is 0 Å². The van der Waals surface area contributed by atoms with Gasteiger partial charge in [-0.15, -0.1) is 11.3 Å². The predicted molar refractivity (Wildman–Crippen MR) is 89.8 cm³/mol. The monoisotopic (exact) mass is 323 g/mol. The molecule has 0 aliphatic carbocycles. The van der Waals surface area contributed by atoms with Crippen LogP contribution in [-0.2, 0) is 11.3 Å². The molecular formula is C15H18ClN3OS. The second kappa shape index (κ2) is 7.45. The van der Waals surface area contributed by atoms with E-state index in [0.717, 1.165) is 13.1 Å². The molecule has 0 spiro atoms. The molecule has 0 unspecified atom stereocenters. The first-order chi connectivity index (χ1) is 10.1. The lowest BCUT2D eigenvalue weighted by Gasteiger charge is -2.19. The van der Waals surface area contributed by atoms with Crippen molar-refractivity contribution in [2.75, 3.05) is 24.1 Å². The Labute approximate surface area is 133 Å². The molecule has 1 amide bonds. The molecule has 1 aromatic carbocycles. The van der Waals surface area contributed by atoms with Gasteiger partial charge >= 0.3 is 0 Å². The molecule has 0 radical (unpaired) electrons. The van der Waals surface area contributed by atoms with Gasteiger partial charge in [0.05, 0.1) is 17.9 Å². The molecule has 112 valence electrons. The standard InChI is InChI=1S/C15H18ClN3OS/c1-2-19(9-12-4-3-7-21-12)10-15(20)18-14-8-11(16)5-6-13(14)17/h3-8H,2,9-10,17H2,1H3,(H,18,20). The summed E-state index contributed by atoms with van der Waals surface area (Å²) >= 11 is 7.60. The maximum Gasteiger partial charge on any atom is 0.238 e. The molecule has 0 saturated heterocycles. The lowest BCUT2D eigenvalue weighted by atomic mass is 10.2. The minimum absolute atomic E-state index is 0.0950. The molecule has 6 heteroatoms. The van der Waals surface area contributed by atoms with Crippen molar-refractivity contribution in [1.29, 1.82) is 0 Å². The van der Waals surface area contributed by atoms with Crippen molar-refractivity contribution in [3.05, 3.63) is 45.6 Å². The summed E-state index contributed by atoms with van der Waals surface area (Å²) in [7, 11) is 0. The fourth-order valence-corrected chi connectivity index (χ4v) is 2.85. The number of rotatable bonds is 6. The van der Waals surface area contributed by atoms with Gasteiger partial charge < -0.3 is 11.1 Å².